The van der Waals surface area contributed by atoms with Gasteiger partial charge in [-0.2, -0.15) is 0 Å². The van der Waals surface area contributed by atoms with Crippen LogP contribution in [0.4, 0.5) is 0 Å². The first kappa shape index (κ1) is 14.9. The van der Waals surface area contributed by atoms with Crippen molar-refractivity contribution in [3.8, 4) is 11.5 Å². The van der Waals surface area contributed by atoms with Gasteiger partial charge in [-0.3, -0.25) is 0 Å². The van der Waals surface area contributed by atoms with E-state index < -0.39 is 12.1 Å². The number of carboxylic acid groups (broad SMARTS) is 1. The molecule has 0 aliphatic rings. The molecule has 0 radical (unpaired) electrons. The summed E-state index contributed by atoms with van der Waals surface area (Å²) in [6.07, 6.45) is -0.712. The van der Waals surface area contributed by atoms with Gasteiger partial charge in [0.15, 0.2) is 6.10 Å². The van der Waals surface area contributed by atoms with E-state index in [1.165, 1.54) is 0 Å². The van der Waals surface area contributed by atoms with Crippen LogP contribution in [-0.4, -0.2) is 24.3 Å². The highest BCUT2D eigenvalue weighted by Gasteiger charge is 2.22. The molecule has 0 aliphatic carbocycles. The number of carbonyl (C=O) groups is 1. The smallest absolute Gasteiger partial charge is 0.345 e. The van der Waals surface area contributed by atoms with Crippen molar-refractivity contribution in [2.45, 2.75) is 19.4 Å². The zero-order chi connectivity index (χ0) is 15.2. The predicted octanol–water partition coefficient (Wildman–Crippen LogP) is 3.08. The second-order valence-electron chi connectivity index (χ2n) is 4.73. The molecule has 1 atom stereocenters. The molecule has 0 saturated heterocycles. The second-order valence-corrected chi connectivity index (χ2v) is 4.73. The Bertz CT molecular complexity index is 622. The van der Waals surface area contributed by atoms with Gasteiger partial charge in [0.1, 0.15) is 11.5 Å². The number of ether oxygens (including phenoxy) is 2. The quantitative estimate of drug-likeness (QED) is 0.886. The summed E-state index contributed by atoms with van der Waals surface area (Å²) in [5, 5.41) is 9.38. The molecule has 4 heteroatoms. The van der Waals surface area contributed by atoms with E-state index in [0.29, 0.717) is 11.5 Å². The Balaban J connectivity index is 2.20. The number of carboxylic acids is 1. The molecule has 0 bridgehead atoms. The van der Waals surface area contributed by atoms with Crippen molar-refractivity contribution in [3.63, 3.8) is 0 Å². The monoisotopic (exact) mass is 286 g/mol. The zero-order valence-electron chi connectivity index (χ0n) is 12.1. The fourth-order valence-corrected chi connectivity index (χ4v) is 2.09. The lowest BCUT2D eigenvalue weighted by Gasteiger charge is -2.18. The van der Waals surface area contributed by atoms with E-state index in [1.807, 2.05) is 49.4 Å². The SMILES string of the molecule is COc1ccccc1C[C@H](Oc1ccccc1C)C(=O)O. The Morgan fingerprint density at radius 1 is 1.10 bits per heavy atom. The minimum atomic E-state index is -0.996. The van der Waals surface area contributed by atoms with Gasteiger partial charge >= 0.3 is 5.97 Å². The lowest BCUT2D eigenvalue weighted by molar-refractivity contribution is -0.145. The number of benzene rings is 2. The van der Waals surface area contributed by atoms with Gasteiger partial charge in [-0.15, -0.1) is 0 Å². The summed E-state index contributed by atoms with van der Waals surface area (Å²) in [4.78, 5) is 11.5. The first-order valence-corrected chi connectivity index (χ1v) is 6.69. The highest BCUT2D eigenvalue weighted by molar-refractivity contribution is 5.73. The van der Waals surface area contributed by atoms with Crippen molar-refractivity contribution < 1.29 is 19.4 Å². The van der Waals surface area contributed by atoms with Crippen LogP contribution in [0.5, 0.6) is 11.5 Å². The fraction of sp³-hybridized carbons (Fsp3) is 0.235. The van der Waals surface area contributed by atoms with Gasteiger partial charge in [0.05, 0.1) is 7.11 Å². The van der Waals surface area contributed by atoms with E-state index in [1.54, 1.807) is 13.2 Å². The summed E-state index contributed by atoms with van der Waals surface area (Å²) in [6.45, 7) is 1.89. The maximum atomic E-state index is 11.5. The van der Waals surface area contributed by atoms with Crippen molar-refractivity contribution >= 4 is 5.97 Å². The van der Waals surface area contributed by atoms with Crippen LogP contribution in [0, 0.1) is 6.92 Å². The van der Waals surface area contributed by atoms with Gasteiger partial charge in [-0.25, -0.2) is 4.79 Å². The van der Waals surface area contributed by atoms with E-state index in [0.717, 1.165) is 11.1 Å². The van der Waals surface area contributed by atoms with Crippen LogP contribution in [0.3, 0.4) is 0 Å². The average molecular weight is 286 g/mol. The molecule has 0 amide bonds. The van der Waals surface area contributed by atoms with Crippen LogP contribution in [-0.2, 0) is 11.2 Å². The molecule has 0 aliphatic heterocycles. The van der Waals surface area contributed by atoms with E-state index in [-0.39, 0.29) is 6.42 Å². The third-order valence-corrected chi connectivity index (χ3v) is 3.24. The largest absolute Gasteiger partial charge is 0.496 e. The third-order valence-electron chi connectivity index (χ3n) is 3.24. The lowest BCUT2D eigenvalue weighted by atomic mass is 10.1. The van der Waals surface area contributed by atoms with Crippen LogP contribution in [0.1, 0.15) is 11.1 Å². The molecule has 2 rings (SSSR count). The molecular weight excluding hydrogens is 268 g/mol. The molecule has 0 unspecified atom stereocenters. The van der Waals surface area contributed by atoms with Gasteiger partial charge in [0.25, 0.3) is 0 Å². The highest BCUT2D eigenvalue weighted by Crippen LogP contribution is 2.23. The molecule has 0 heterocycles. The van der Waals surface area contributed by atoms with E-state index in [4.69, 9.17) is 9.47 Å². The number of hydrogen-bond acceptors (Lipinski definition) is 3. The van der Waals surface area contributed by atoms with E-state index >= 15 is 0 Å². The number of methoxy groups -OCH3 is 1. The maximum absolute atomic E-state index is 11.5. The minimum absolute atomic E-state index is 0.244. The molecule has 2 aromatic rings. The summed E-state index contributed by atoms with van der Waals surface area (Å²) < 4.78 is 10.9. The molecule has 1 N–H and O–H groups in total. The maximum Gasteiger partial charge on any atom is 0.345 e. The fourth-order valence-electron chi connectivity index (χ4n) is 2.09. The highest BCUT2D eigenvalue weighted by atomic mass is 16.5. The average Bonchev–Trinajstić information content (AvgIpc) is 2.49. The van der Waals surface area contributed by atoms with Crippen molar-refractivity contribution in [1.29, 1.82) is 0 Å². The van der Waals surface area contributed by atoms with Crippen LogP contribution in [0.15, 0.2) is 48.5 Å². The molecule has 21 heavy (non-hydrogen) atoms. The summed E-state index contributed by atoms with van der Waals surface area (Å²) in [7, 11) is 1.57. The first-order valence-electron chi connectivity index (χ1n) is 6.69. The molecular formula is C17H18O4. The number of hydrogen-bond donors (Lipinski definition) is 1. The van der Waals surface area contributed by atoms with Crippen molar-refractivity contribution in [2.24, 2.45) is 0 Å². The van der Waals surface area contributed by atoms with E-state index in [2.05, 4.69) is 0 Å². The lowest BCUT2D eigenvalue weighted by Crippen LogP contribution is -2.29. The summed E-state index contributed by atoms with van der Waals surface area (Å²) in [5.41, 5.74) is 1.71. The molecule has 0 aromatic heterocycles. The standard InChI is InChI=1S/C17H18O4/c1-12-7-3-5-9-14(12)21-16(17(18)19)11-13-8-4-6-10-15(13)20-2/h3-10,16H,11H2,1-2H3,(H,18,19)/t16-/m0/s1. The van der Waals surface area contributed by atoms with Crippen molar-refractivity contribution in [1.82, 2.24) is 0 Å². The second kappa shape index (κ2) is 6.79. The topological polar surface area (TPSA) is 55.8 Å². The van der Waals surface area contributed by atoms with Crippen LogP contribution in [0.25, 0.3) is 0 Å². The Morgan fingerprint density at radius 2 is 1.71 bits per heavy atom. The Kier molecular flexibility index (Phi) is 4.82. The van der Waals surface area contributed by atoms with Gasteiger partial charge in [0.2, 0.25) is 0 Å². The van der Waals surface area contributed by atoms with Crippen LogP contribution < -0.4 is 9.47 Å². The van der Waals surface area contributed by atoms with Crippen LogP contribution in [0.2, 0.25) is 0 Å². The van der Waals surface area contributed by atoms with Crippen molar-refractivity contribution in [2.75, 3.05) is 7.11 Å². The summed E-state index contributed by atoms with van der Waals surface area (Å²) in [5.74, 6) is 0.251. The van der Waals surface area contributed by atoms with Crippen LogP contribution >= 0.6 is 0 Å². The number of rotatable bonds is 6. The molecule has 0 fully saturated rings. The van der Waals surface area contributed by atoms with Gasteiger partial charge in [-0.05, 0) is 30.2 Å². The normalized spacial score (nSPS) is 11.7. The Morgan fingerprint density at radius 3 is 2.33 bits per heavy atom. The molecule has 2 aromatic carbocycles. The van der Waals surface area contributed by atoms with Crippen molar-refractivity contribution in [3.05, 3.63) is 59.7 Å². The van der Waals surface area contributed by atoms with Gasteiger partial charge < -0.3 is 14.6 Å². The number of para-hydroxylation sites is 2. The number of aryl methyl sites for hydroxylation is 1. The van der Waals surface area contributed by atoms with Gasteiger partial charge in [0, 0.05) is 6.42 Å². The van der Waals surface area contributed by atoms with E-state index in [9.17, 15) is 9.90 Å². The molecule has 4 nitrogen and oxygen atoms in total. The molecule has 110 valence electrons. The number of aliphatic carboxylic acids is 1. The predicted molar refractivity (Wildman–Crippen MR) is 79.9 cm³/mol. The zero-order valence-corrected chi connectivity index (χ0v) is 12.1. The summed E-state index contributed by atoms with van der Waals surface area (Å²) >= 11 is 0. The Labute approximate surface area is 123 Å². The first-order chi connectivity index (χ1) is 10.1. The molecule has 0 spiro atoms. The molecule has 0 saturated carbocycles. The Hall–Kier alpha value is -2.49. The third kappa shape index (κ3) is 3.75. The summed E-state index contributed by atoms with van der Waals surface area (Å²) in [6, 6.07) is 14.7. The van der Waals surface area contributed by atoms with Gasteiger partial charge in [-0.1, -0.05) is 36.4 Å². The minimum Gasteiger partial charge on any atom is -0.496 e.